The van der Waals surface area contributed by atoms with E-state index in [0.29, 0.717) is 16.0 Å². The highest BCUT2D eigenvalue weighted by Crippen LogP contribution is 2.43. The van der Waals surface area contributed by atoms with E-state index in [1.54, 1.807) is 0 Å². The first-order valence-electron chi connectivity index (χ1n) is 3.72. The zero-order valence-electron chi connectivity index (χ0n) is 6.91. The van der Waals surface area contributed by atoms with Gasteiger partial charge in [0.05, 0.1) is 15.7 Å². The third-order valence-electron chi connectivity index (χ3n) is 1.86. The molecule has 6 heteroatoms. The van der Waals surface area contributed by atoms with Crippen molar-refractivity contribution < 1.29 is 19.4 Å². The van der Waals surface area contributed by atoms with E-state index < -0.39 is 5.97 Å². The van der Waals surface area contributed by atoms with E-state index in [4.69, 9.17) is 20.3 Å². The van der Waals surface area contributed by atoms with Gasteiger partial charge in [-0.2, -0.15) is 0 Å². The zero-order valence-corrected chi connectivity index (χ0v) is 8.50. The van der Waals surface area contributed by atoms with Crippen LogP contribution in [0.4, 0.5) is 5.69 Å². The lowest BCUT2D eigenvalue weighted by atomic mass is 10.2. The van der Waals surface area contributed by atoms with Gasteiger partial charge in [0.15, 0.2) is 11.5 Å². The fourth-order valence-electron chi connectivity index (χ4n) is 1.20. The Morgan fingerprint density at radius 1 is 1.57 bits per heavy atom. The van der Waals surface area contributed by atoms with Crippen molar-refractivity contribution in [1.29, 1.82) is 0 Å². The number of anilines is 1. The number of hydrogen-bond donors (Lipinski definition) is 2. The standard InChI is InChI=1S/C8H6BrNO4/c9-5-3(8(11)12)1-4-7(6(5)10)14-2-13-4/h1H,2,10H2,(H,11,12). The van der Waals surface area contributed by atoms with Gasteiger partial charge in [0, 0.05) is 0 Å². The molecule has 1 aromatic carbocycles. The monoisotopic (exact) mass is 259 g/mol. The van der Waals surface area contributed by atoms with Gasteiger partial charge in [-0.1, -0.05) is 0 Å². The Balaban J connectivity index is 2.67. The van der Waals surface area contributed by atoms with Crippen molar-refractivity contribution in [3.63, 3.8) is 0 Å². The van der Waals surface area contributed by atoms with Crippen LogP contribution in [-0.2, 0) is 0 Å². The molecule has 5 nitrogen and oxygen atoms in total. The molecule has 0 saturated carbocycles. The number of aromatic carboxylic acids is 1. The normalized spacial score (nSPS) is 12.9. The molecule has 0 fully saturated rings. The van der Waals surface area contributed by atoms with Crippen molar-refractivity contribution in [3.05, 3.63) is 16.1 Å². The van der Waals surface area contributed by atoms with Gasteiger partial charge in [0.1, 0.15) is 0 Å². The lowest BCUT2D eigenvalue weighted by molar-refractivity contribution is 0.0695. The summed E-state index contributed by atoms with van der Waals surface area (Å²) >= 11 is 3.09. The van der Waals surface area contributed by atoms with Gasteiger partial charge in [-0.15, -0.1) is 0 Å². The van der Waals surface area contributed by atoms with Crippen LogP contribution >= 0.6 is 15.9 Å². The number of carbonyl (C=O) groups is 1. The topological polar surface area (TPSA) is 81.8 Å². The molecular weight excluding hydrogens is 254 g/mol. The van der Waals surface area contributed by atoms with E-state index in [2.05, 4.69) is 15.9 Å². The maximum absolute atomic E-state index is 10.8. The van der Waals surface area contributed by atoms with Gasteiger partial charge in [0.2, 0.25) is 6.79 Å². The van der Waals surface area contributed by atoms with Crippen LogP contribution < -0.4 is 15.2 Å². The molecule has 1 aliphatic heterocycles. The van der Waals surface area contributed by atoms with Crippen LogP contribution in [0.25, 0.3) is 0 Å². The van der Waals surface area contributed by atoms with Gasteiger partial charge in [0.25, 0.3) is 0 Å². The minimum Gasteiger partial charge on any atom is -0.478 e. The van der Waals surface area contributed by atoms with Crippen molar-refractivity contribution in [2.75, 3.05) is 12.5 Å². The smallest absolute Gasteiger partial charge is 0.337 e. The second kappa shape index (κ2) is 3.06. The summed E-state index contributed by atoms with van der Waals surface area (Å²) in [5.74, 6) is -0.313. The lowest BCUT2D eigenvalue weighted by Gasteiger charge is -2.06. The Hall–Kier alpha value is -1.43. The highest BCUT2D eigenvalue weighted by Gasteiger charge is 2.23. The van der Waals surface area contributed by atoms with Crippen LogP contribution in [0, 0.1) is 0 Å². The molecule has 0 aliphatic carbocycles. The summed E-state index contributed by atoms with van der Waals surface area (Å²) in [6, 6.07) is 1.38. The first kappa shape index (κ1) is 9.14. The third kappa shape index (κ3) is 1.19. The highest BCUT2D eigenvalue weighted by atomic mass is 79.9. The quantitative estimate of drug-likeness (QED) is 0.747. The third-order valence-corrected chi connectivity index (χ3v) is 2.72. The van der Waals surface area contributed by atoms with Crippen LogP contribution in [0.15, 0.2) is 10.5 Å². The van der Waals surface area contributed by atoms with E-state index >= 15 is 0 Å². The number of hydrogen-bond acceptors (Lipinski definition) is 4. The molecule has 14 heavy (non-hydrogen) atoms. The zero-order chi connectivity index (χ0) is 10.3. The highest BCUT2D eigenvalue weighted by molar-refractivity contribution is 9.10. The van der Waals surface area contributed by atoms with Gasteiger partial charge < -0.3 is 20.3 Å². The largest absolute Gasteiger partial charge is 0.478 e. The number of carboxylic acid groups (broad SMARTS) is 1. The Kier molecular flexibility index (Phi) is 1.99. The first-order chi connectivity index (χ1) is 6.61. The molecule has 0 aromatic heterocycles. The summed E-state index contributed by atoms with van der Waals surface area (Å²) in [6.45, 7) is 0.0645. The SMILES string of the molecule is Nc1c(Br)c(C(=O)O)cc2c1OCO2. The molecule has 0 amide bonds. The number of rotatable bonds is 1. The number of ether oxygens (including phenoxy) is 2. The molecule has 0 spiro atoms. The summed E-state index contributed by atoms with van der Waals surface area (Å²) in [6.07, 6.45) is 0. The Labute approximate surface area is 87.5 Å². The van der Waals surface area contributed by atoms with Crippen LogP contribution in [-0.4, -0.2) is 17.9 Å². The number of nitrogen functional groups attached to an aromatic ring is 1. The minimum atomic E-state index is -1.07. The average molecular weight is 260 g/mol. The molecule has 1 aliphatic rings. The van der Waals surface area contributed by atoms with E-state index in [-0.39, 0.29) is 18.0 Å². The van der Waals surface area contributed by atoms with Crippen molar-refractivity contribution >= 4 is 27.6 Å². The van der Waals surface area contributed by atoms with Gasteiger partial charge in [-0.3, -0.25) is 0 Å². The number of carboxylic acids is 1. The Morgan fingerprint density at radius 2 is 2.29 bits per heavy atom. The van der Waals surface area contributed by atoms with Gasteiger partial charge in [-0.05, 0) is 22.0 Å². The molecule has 1 aromatic rings. The maximum Gasteiger partial charge on any atom is 0.337 e. The summed E-state index contributed by atoms with van der Waals surface area (Å²) in [4.78, 5) is 10.8. The van der Waals surface area contributed by atoms with Crippen molar-refractivity contribution in [2.24, 2.45) is 0 Å². The molecular formula is C8H6BrNO4. The second-order valence-electron chi connectivity index (χ2n) is 2.69. The molecule has 0 atom stereocenters. The second-order valence-corrected chi connectivity index (χ2v) is 3.48. The van der Waals surface area contributed by atoms with Crippen LogP contribution in [0.1, 0.15) is 10.4 Å². The summed E-state index contributed by atoms with van der Waals surface area (Å²) < 4.78 is 10.4. The number of benzene rings is 1. The summed E-state index contributed by atoms with van der Waals surface area (Å²) in [5, 5.41) is 8.84. The van der Waals surface area contributed by atoms with Crippen molar-refractivity contribution in [2.45, 2.75) is 0 Å². The molecule has 0 bridgehead atoms. The summed E-state index contributed by atoms with van der Waals surface area (Å²) in [7, 11) is 0. The predicted molar refractivity (Wildman–Crippen MR) is 51.6 cm³/mol. The Morgan fingerprint density at radius 3 is 2.93 bits per heavy atom. The molecule has 0 radical (unpaired) electrons. The minimum absolute atomic E-state index is 0.0618. The average Bonchev–Trinajstić information content (AvgIpc) is 2.58. The van der Waals surface area contributed by atoms with Gasteiger partial charge >= 0.3 is 5.97 Å². The summed E-state index contributed by atoms with van der Waals surface area (Å²) in [5.41, 5.74) is 5.97. The first-order valence-corrected chi connectivity index (χ1v) is 4.51. The predicted octanol–water partition coefficient (Wildman–Crippen LogP) is 1.46. The van der Waals surface area contributed by atoms with E-state index in [1.165, 1.54) is 6.07 Å². The van der Waals surface area contributed by atoms with Crippen LogP contribution in [0.2, 0.25) is 0 Å². The number of halogens is 1. The molecule has 1 heterocycles. The van der Waals surface area contributed by atoms with Crippen LogP contribution in [0.5, 0.6) is 11.5 Å². The van der Waals surface area contributed by atoms with Crippen LogP contribution in [0.3, 0.4) is 0 Å². The molecule has 2 rings (SSSR count). The number of fused-ring (bicyclic) bond motifs is 1. The van der Waals surface area contributed by atoms with E-state index in [1.807, 2.05) is 0 Å². The Bertz CT molecular complexity index is 418. The number of nitrogens with two attached hydrogens (primary N) is 1. The lowest BCUT2D eigenvalue weighted by Crippen LogP contribution is -2.01. The molecule has 74 valence electrons. The molecule has 3 N–H and O–H groups in total. The maximum atomic E-state index is 10.8. The molecule has 0 saturated heterocycles. The van der Waals surface area contributed by atoms with Crippen molar-refractivity contribution in [3.8, 4) is 11.5 Å². The van der Waals surface area contributed by atoms with E-state index in [9.17, 15) is 4.79 Å². The fraction of sp³-hybridized carbons (Fsp3) is 0.125. The molecule has 0 unspecified atom stereocenters. The van der Waals surface area contributed by atoms with Crippen molar-refractivity contribution in [1.82, 2.24) is 0 Å². The van der Waals surface area contributed by atoms with Gasteiger partial charge in [-0.25, -0.2) is 4.79 Å². The fourth-order valence-corrected chi connectivity index (χ4v) is 1.67. The van der Waals surface area contributed by atoms with E-state index in [0.717, 1.165) is 0 Å².